The molecule has 1 heterocycles. The molecule has 1 aromatic rings. The van der Waals surface area contributed by atoms with Gasteiger partial charge in [0, 0.05) is 6.54 Å². The van der Waals surface area contributed by atoms with Gasteiger partial charge in [-0.3, -0.25) is 0 Å². The Morgan fingerprint density at radius 3 is 2.61 bits per heavy atom. The van der Waals surface area contributed by atoms with Gasteiger partial charge in [-0.05, 0) is 37.5 Å². The zero-order valence-corrected chi connectivity index (χ0v) is 11.5. The Morgan fingerprint density at radius 2 is 2.06 bits per heavy atom. The number of nitrogens with zero attached hydrogens (tertiary/aromatic N) is 3. The summed E-state index contributed by atoms with van der Waals surface area (Å²) in [7, 11) is 0. The molecule has 0 bridgehead atoms. The maximum Gasteiger partial charge on any atom is 0.143 e. The smallest absolute Gasteiger partial charge is 0.143 e. The minimum Gasteiger partial charge on any atom is -0.388 e. The minimum atomic E-state index is 0.389. The molecule has 0 spiro atoms. The molecule has 2 N–H and O–H groups in total. The number of rotatable bonds is 6. The minimum absolute atomic E-state index is 0.389. The van der Waals surface area contributed by atoms with Crippen molar-refractivity contribution in [3.8, 4) is 0 Å². The van der Waals surface area contributed by atoms with Crippen molar-refractivity contribution >= 4 is 17.2 Å². The fraction of sp³-hybridized carbons (Fsp3) is 0.769. The maximum absolute atomic E-state index is 5.73. The number of aryl methyl sites for hydroxylation is 1. The fourth-order valence-electron chi connectivity index (χ4n) is 2.59. The van der Waals surface area contributed by atoms with Crippen LogP contribution in [0.3, 0.4) is 0 Å². The highest BCUT2D eigenvalue weighted by molar-refractivity contribution is 7.80. The molecule has 0 radical (unpaired) electrons. The SMILES string of the molecule is NC(=S)c1nnn(CCC2CCC2)c1CC1CC1. The number of nitrogens with two attached hydrogens (primary N) is 1. The molecule has 5 heteroatoms. The van der Waals surface area contributed by atoms with Gasteiger partial charge in [0.2, 0.25) is 0 Å². The summed E-state index contributed by atoms with van der Waals surface area (Å²) >= 11 is 5.07. The van der Waals surface area contributed by atoms with Gasteiger partial charge in [-0.1, -0.05) is 36.7 Å². The van der Waals surface area contributed by atoms with Crippen molar-refractivity contribution in [2.45, 2.75) is 51.5 Å². The average Bonchev–Trinajstić information content (AvgIpc) is 2.98. The van der Waals surface area contributed by atoms with Gasteiger partial charge < -0.3 is 5.73 Å². The summed E-state index contributed by atoms with van der Waals surface area (Å²) < 4.78 is 2.05. The summed E-state index contributed by atoms with van der Waals surface area (Å²) in [6.45, 7) is 0.975. The molecule has 18 heavy (non-hydrogen) atoms. The van der Waals surface area contributed by atoms with E-state index in [1.807, 2.05) is 4.68 Å². The van der Waals surface area contributed by atoms with Crippen LogP contribution in [0, 0.1) is 11.8 Å². The first-order chi connectivity index (χ1) is 8.74. The summed E-state index contributed by atoms with van der Waals surface area (Å²) in [6.07, 6.45) is 9.08. The highest BCUT2D eigenvalue weighted by Gasteiger charge is 2.27. The Hall–Kier alpha value is -0.970. The van der Waals surface area contributed by atoms with Crippen LogP contribution in [-0.2, 0) is 13.0 Å². The topological polar surface area (TPSA) is 56.7 Å². The maximum atomic E-state index is 5.73. The van der Waals surface area contributed by atoms with E-state index in [9.17, 15) is 0 Å². The molecule has 2 saturated carbocycles. The molecule has 98 valence electrons. The third-order valence-corrected chi connectivity index (χ3v) is 4.42. The first-order valence-electron chi connectivity index (χ1n) is 6.96. The molecule has 0 amide bonds. The lowest BCUT2D eigenvalue weighted by Crippen LogP contribution is -2.17. The molecule has 1 aromatic heterocycles. The molecule has 2 aliphatic rings. The van der Waals surface area contributed by atoms with E-state index in [4.69, 9.17) is 18.0 Å². The van der Waals surface area contributed by atoms with Gasteiger partial charge >= 0.3 is 0 Å². The lowest BCUT2D eigenvalue weighted by atomic mass is 9.83. The molecule has 0 saturated heterocycles. The van der Waals surface area contributed by atoms with Crippen molar-refractivity contribution in [2.24, 2.45) is 17.6 Å². The quantitative estimate of drug-likeness (QED) is 0.799. The first-order valence-corrected chi connectivity index (χ1v) is 7.37. The van der Waals surface area contributed by atoms with Crippen LogP contribution < -0.4 is 5.73 Å². The molecule has 0 aliphatic heterocycles. The summed E-state index contributed by atoms with van der Waals surface area (Å²) in [6, 6.07) is 0. The zero-order valence-electron chi connectivity index (χ0n) is 10.6. The van der Waals surface area contributed by atoms with E-state index in [0.29, 0.717) is 4.99 Å². The van der Waals surface area contributed by atoms with Crippen LogP contribution in [0.1, 0.15) is 49.9 Å². The lowest BCUT2D eigenvalue weighted by molar-refractivity contribution is 0.275. The Labute approximate surface area is 113 Å². The molecular formula is C13H20N4S. The average molecular weight is 264 g/mol. The van der Waals surface area contributed by atoms with Crippen LogP contribution in [0.4, 0.5) is 0 Å². The molecule has 0 unspecified atom stereocenters. The standard InChI is InChI=1S/C13H20N4S/c14-13(18)12-11(8-10-4-5-10)17(16-15-12)7-6-9-2-1-3-9/h9-10H,1-8H2,(H2,14,18). The van der Waals surface area contributed by atoms with Crippen molar-refractivity contribution in [3.63, 3.8) is 0 Å². The van der Waals surface area contributed by atoms with E-state index in [1.54, 1.807) is 0 Å². The van der Waals surface area contributed by atoms with Gasteiger partial charge in [0.05, 0.1) is 5.69 Å². The van der Waals surface area contributed by atoms with E-state index in [-0.39, 0.29) is 0 Å². The normalized spacial score (nSPS) is 19.8. The molecule has 3 rings (SSSR count). The van der Waals surface area contributed by atoms with Gasteiger partial charge in [0.15, 0.2) is 0 Å². The Bertz CT molecular complexity index is 446. The molecule has 2 fully saturated rings. The molecular weight excluding hydrogens is 244 g/mol. The van der Waals surface area contributed by atoms with E-state index < -0.39 is 0 Å². The van der Waals surface area contributed by atoms with Crippen LogP contribution in [-0.4, -0.2) is 20.0 Å². The second-order valence-corrected chi connectivity index (χ2v) is 6.15. The summed E-state index contributed by atoms with van der Waals surface area (Å²) in [5, 5.41) is 8.41. The Morgan fingerprint density at radius 1 is 1.28 bits per heavy atom. The van der Waals surface area contributed by atoms with Gasteiger partial charge in [0.25, 0.3) is 0 Å². The fourth-order valence-corrected chi connectivity index (χ4v) is 2.75. The zero-order chi connectivity index (χ0) is 12.5. The summed E-state index contributed by atoms with van der Waals surface area (Å²) in [5.41, 5.74) is 7.66. The molecule has 4 nitrogen and oxygen atoms in total. The number of aromatic nitrogens is 3. The lowest BCUT2D eigenvalue weighted by Gasteiger charge is -2.25. The van der Waals surface area contributed by atoms with Crippen LogP contribution in [0.2, 0.25) is 0 Å². The predicted octanol–water partition coefficient (Wildman–Crippen LogP) is 2.05. The highest BCUT2D eigenvalue weighted by Crippen LogP contribution is 2.34. The van der Waals surface area contributed by atoms with Crippen LogP contribution in [0.15, 0.2) is 0 Å². The van der Waals surface area contributed by atoms with Crippen molar-refractivity contribution in [3.05, 3.63) is 11.4 Å². The van der Waals surface area contributed by atoms with Crippen molar-refractivity contribution in [1.29, 1.82) is 0 Å². The van der Waals surface area contributed by atoms with Gasteiger partial charge in [0.1, 0.15) is 10.7 Å². The first kappa shape index (κ1) is 12.1. The monoisotopic (exact) mass is 264 g/mol. The third kappa shape index (κ3) is 2.55. The highest BCUT2D eigenvalue weighted by atomic mass is 32.1. The van der Waals surface area contributed by atoms with Gasteiger partial charge in [-0.25, -0.2) is 4.68 Å². The van der Waals surface area contributed by atoms with E-state index in [0.717, 1.165) is 30.5 Å². The second-order valence-electron chi connectivity index (χ2n) is 5.71. The second kappa shape index (κ2) is 4.96. The Kier molecular flexibility index (Phi) is 3.33. The van der Waals surface area contributed by atoms with E-state index in [1.165, 1.54) is 44.2 Å². The Balaban J connectivity index is 1.71. The van der Waals surface area contributed by atoms with Gasteiger partial charge in [-0.15, -0.1) is 5.10 Å². The largest absolute Gasteiger partial charge is 0.388 e. The third-order valence-electron chi connectivity index (χ3n) is 4.22. The van der Waals surface area contributed by atoms with Crippen LogP contribution in [0.5, 0.6) is 0 Å². The van der Waals surface area contributed by atoms with Crippen LogP contribution >= 0.6 is 12.2 Å². The van der Waals surface area contributed by atoms with Crippen molar-refractivity contribution < 1.29 is 0 Å². The van der Waals surface area contributed by atoms with E-state index in [2.05, 4.69) is 10.3 Å². The number of hydrogen-bond acceptors (Lipinski definition) is 3. The summed E-state index contributed by atoms with van der Waals surface area (Å²) in [4.78, 5) is 0.389. The molecule has 0 atom stereocenters. The summed E-state index contributed by atoms with van der Waals surface area (Å²) in [5.74, 6) is 1.70. The van der Waals surface area contributed by atoms with Crippen LogP contribution in [0.25, 0.3) is 0 Å². The van der Waals surface area contributed by atoms with E-state index >= 15 is 0 Å². The molecule has 0 aromatic carbocycles. The molecule has 2 aliphatic carbocycles. The predicted molar refractivity (Wildman–Crippen MR) is 74.3 cm³/mol. The van der Waals surface area contributed by atoms with Gasteiger partial charge in [-0.2, -0.15) is 0 Å². The van der Waals surface area contributed by atoms with Crippen molar-refractivity contribution in [2.75, 3.05) is 0 Å². The number of thiocarbonyl (C=S) groups is 1. The van der Waals surface area contributed by atoms with Crippen molar-refractivity contribution in [1.82, 2.24) is 15.0 Å². The number of hydrogen-bond donors (Lipinski definition) is 1.